The van der Waals surface area contributed by atoms with Gasteiger partial charge in [-0.2, -0.15) is 0 Å². The highest BCUT2D eigenvalue weighted by Crippen LogP contribution is 2.21. The summed E-state index contributed by atoms with van der Waals surface area (Å²) in [5, 5.41) is 2.94. The molecule has 0 aliphatic carbocycles. The molecule has 2 unspecified atom stereocenters. The molecule has 1 amide bonds. The van der Waals surface area contributed by atoms with Crippen molar-refractivity contribution in [2.45, 2.75) is 32.9 Å². The second-order valence-corrected chi connectivity index (χ2v) is 4.36. The summed E-state index contributed by atoms with van der Waals surface area (Å²) in [4.78, 5) is 14.0. The molecule has 2 atom stereocenters. The molecule has 0 saturated heterocycles. The van der Waals surface area contributed by atoms with Crippen LogP contribution in [-0.4, -0.2) is 30.4 Å². The normalized spacial score (nSPS) is 14.1. The molecule has 0 fully saturated rings. The van der Waals surface area contributed by atoms with E-state index >= 15 is 0 Å². The summed E-state index contributed by atoms with van der Waals surface area (Å²) in [5.41, 5.74) is 0.940. The maximum Gasteiger partial charge on any atom is 0.239 e. The largest absolute Gasteiger partial charge is 0.335 e. The molecule has 3 nitrogen and oxygen atoms in total. The van der Waals surface area contributed by atoms with Gasteiger partial charge in [0.2, 0.25) is 5.91 Å². The third-order valence-corrected chi connectivity index (χ3v) is 3.25. The zero-order chi connectivity index (χ0) is 13.7. The minimum atomic E-state index is -0.260. The third-order valence-electron chi connectivity index (χ3n) is 3.25. The van der Waals surface area contributed by atoms with Crippen LogP contribution in [0.15, 0.2) is 24.3 Å². The molecule has 1 aromatic carbocycles. The average Bonchev–Trinajstić information content (AvgIpc) is 2.39. The van der Waals surface area contributed by atoms with Crippen LogP contribution in [0.5, 0.6) is 0 Å². The van der Waals surface area contributed by atoms with Crippen LogP contribution >= 0.6 is 0 Å². The van der Waals surface area contributed by atoms with Crippen molar-refractivity contribution in [3.8, 4) is 0 Å². The zero-order valence-corrected chi connectivity index (χ0v) is 11.4. The van der Waals surface area contributed by atoms with Crippen LogP contribution in [-0.2, 0) is 4.79 Å². The van der Waals surface area contributed by atoms with Gasteiger partial charge in [0.1, 0.15) is 5.82 Å². The fourth-order valence-corrected chi connectivity index (χ4v) is 1.91. The van der Waals surface area contributed by atoms with Crippen LogP contribution in [0.2, 0.25) is 0 Å². The Balaban J connectivity index is 2.88. The highest BCUT2D eigenvalue weighted by molar-refractivity contribution is 5.81. The number of rotatable bonds is 5. The van der Waals surface area contributed by atoms with Crippen molar-refractivity contribution in [2.24, 2.45) is 0 Å². The third kappa shape index (κ3) is 3.29. The molecule has 0 radical (unpaired) electrons. The lowest BCUT2D eigenvalue weighted by molar-refractivity contribution is -0.134. The molecule has 1 aromatic rings. The van der Waals surface area contributed by atoms with Gasteiger partial charge in [0.05, 0.1) is 12.1 Å². The number of carbonyl (C=O) groups is 1. The van der Waals surface area contributed by atoms with Crippen molar-refractivity contribution in [2.75, 3.05) is 13.6 Å². The lowest BCUT2D eigenvalue weighted by Gasteiger charge is -2.30. The van der Waals surface area contributed by atoms with E-state index in [1.54, 1.807) is 24.1 Å². The van der Waals surface area contributed by atoms with Gasteiger partial charge in [0, 0.05) is 6.54 Å². The van der Waals surface area contributed by atoms with Gasteiger partial charge in [-0.05, 0) is 45.5 Å². The zero-order valence-electron chi connectivity index (χ0n) is 11.4. The Bertz CT molecular complexity index is 391. The Hall–Kier alpha value is -1.42. The molecule has 0 aromatic heterocycles. The van der Waals surface area contributed by atoms with Gasteiger partial charge in [-0.15, -0.1) is 0 Å². The first-order chi connectivity index (χ1) is 8.51. The fraction of sp³-hybridized carbons (Fsp3) is 0.500. The Kier molecular flexibility index (Phi) is 5.28. The molecule has 0 spiro atoms. The van der Waals surface area contributed by atoms with Crippen LogP contribution in [0.25, 0.3) is 0 Å². The number of nitrogens with zero attached hydrogens (tertiary/aromatic N) is 1. The molecule has 0 bridgehead atoms. The summed E-state index contributed by atoms with van der Waals surface area (Å²) in [5.74, 6) is -0.208. The van der Waals surface area contributed by atoms with Crippen molar-refractivity contribution in [3.05, 3.63) is 35.6 Å². The Labute approximate surface area is 108 Å². The molecule has 100 valence electrons. The monoisotopic (exact) mass is 252 g/mol. The summed E-state index contributed by atoms with van der Waals surface area (Å²) in [6.45, 7) is 6.36. The summed E-state index contributed by atoms with van der Waals surface area (Å²) >= 11 is 0. The molecule has 1 N–H and O–H groups in total. The highest BCUT2D eigenvalue weighted by Gasteiger charge is 2.23. The first-order valence-corrected chi connectivity index (χ1v) is 6.24. The molecule has 0 saturated carbocycles. The van der Waals surface area contributed by atoms with Crippen molar-refractivity contribution >= 4 is 5.91 Å². The van der Waals surface area contributed by atoms with Crippen molar-refractivity contribution in [1.29, 1.82) is 0 Å². The van der Waals surface area contributed by atoms with Gasteiger partial charge in [-0.25, -0.2) is 4.39 Å². The van der Waals surface area contributed by atoms with Gasteiger partial charge >= 0.3 is 0 Å². The molecule has 0 aliphatic rings. The predicted molar refractivity (Wildman–Crippen MR) is 70.7 cm³/mol. The highest BCUT2D eigenvalue weighted by atomic mass is 19.1. The standard InChI is InChI=1S/C14H21FN2O/c1-5-17(14(18)10(2)16-4)11(3)12-6-8-13(15)9-7-12/h6-11,16H,5H2,1-4H3. The number of halogens is 1. The van der Waals surface area contributed by atoms with Crippen LogP contribution in [0, 0.1) is 5.82 Å². The van der Waals surface area contributed by atoms with E-state index in [9.17, 15) is 9.18 Å². The van der Waals surface area contributed by atoms with E-state index in [4.69, 9.17) is 0 Å². The predicted octanol–water partition coefficient (Wildman–Crippen LogP) is 2.34. The van der Waals surface area contributed by atoms with E-state index < -0.39 is 0 Å². The van der Waals surface area contributed by atoms with Crippen LogP contribution < -0.4 is 5.32 Å². The first-order valence-electron chi connectivity index (χ1n) is 6.24. The smallest absolute Gasteiger partial charge is 0.239 e. The van der Waals surface area contributed by atoms with E-state index in [2.05, 4.69) is 5.32 Å². The molecular formula is C14H21FN2O. The van der Waals surface area contributed by atoms with E-state index in [0.717, 1.165) is 5.56 Å². The van der Waals surface area contributed by atoms with Gasteiger partial charge in [-0.1, -0.05) is 12.1 Å². The number of carbonyl (C=O) groups excluding carboxylic acids is 1. The average molecular weight is 252 g/mol. The summed E-state index contributed by atoms with van der Waals surface area (Å²) in [6, 6.07) is 6.02. The molecule has 4 heteroatoms. The Morgan fingerprint density at radius 1 is 1.33 bits per heavy atom. The minimum absolute atomic E-state index is 0.0526. The van der Waals surface area contributed by atoms with Gasteiger partial charge in [-0.3, -0.25) is 4.79 Å². The minimum Gasteiger partial charge on any atom is -0.335 e. The van der Waals surface area contributed by atoms with Crippen LogP contribution in [0.1, 0.15) is 32.4 Å². The van der Waals surface area contributed by atoms with E-state index in [1.165, 1.54) is 12.1 Å². The Morgan fingerprint density at radius 2 is 1.89 bits per heavy atom. The maximum absolute atomic E-state index is 12.9. The van der Waals surface area contributed by atoms with Gasteiger partial charge in [0.15, 0.2) is 0 Å². The summed E-state index contributed by atoms with van der Waals surface area (Å²) in [6.07, 6.45) is 0. The number of hydrogen-bond acceptors (Lipinski definition) is 2. The topological polar surface area (TPSA) is 32.3 Å². The van der Waals surface area contributed by atoms with Gasteiger partial charge < -0.3 is 10.2 Å². The summed E-state index contributed by atoms with van der Waals surface area (Å²) in [7, 11) is 1.76. The number of nitrogens with one attached hydrogen (secondary N) is 1. The van der Waals surface area contributed by atoms with E-state index in [0.29, 0.717) is 6.54 Å². The number of likely N-dealkylation sites (N-methyl/N-ethyl adjacent to an activating group) is 2. The molecular weight excluding hydrogens is 231 g/mol. The van der Waals surface area contributed by atoms with Crippen molar-refractivity contribution < 1.29 is 9.18 Å². The van der Waals surface area contributed by atoms with E-state index in [-0.39, 0.29) is 23.8 Å². The van der Waals surface area contributed by atoms with Crippen LogP contribution in [0.4, 0.5) is 4.39 Å². The number of amides is 1. The first kappa shape index (κ1) is 14.6. The molecule has 1 rings (SSSR count). The molecule has 0 aliphatic heterocycles. The number of hydrogen-bond donors (Lipinski definition) is 1. The Morgan fingerprint density at radius 3 is 2.33 bits per heavy atom. The second-order valence-electron chi connectivity index (χ2n) is 4.36. The van der Waals surface area contributed by atoms with Crippen molar-refractivity contribution in [1.82, 2.24) is 10.2 Å². The summed E-state index contributed by atoms with van der Waals surface area (Å²) < 4.78 is 12.9. The lowest BCUT2D eigenvalue weighted by atomic mass is 10.1. The van der Waals surface area contributed by atoms with E-state index in [1.807, 2.05) is 20.8 Å². The molecule has 18 heavy (non-hydrogen) atoms. The van der Waals surface area contributed by atoms with Gasteiger partial charge in [0.25, 0.3) is 0 Å². The second kappa shape index (κ2) is 6.50. The van der Waals surface area contributed by atoms with Crippen molar-refractivity contribution in [3.63, 3.8) is 0 Å². The maximum atomic E-state index is 12.9. The number of benzene rings is 1. The fourth-order valence-electron chi connectivity index (χ4n) is 1.91. The van der Waals surface area contributed by atoms with Crippen LogP contribution in [0.3, 0.4) is 0 Å². The quantitative estimate of drug-likeness (QED) is 0.872. The SMILES string of the molecule is CCN(C(=O)C(C)NC)C(C)c1ccc(F)cc1. The lowest BCUT2D eigenvalue weighted by Crippen LogP contribution is -2.44. The molecule has 0 heterocycles.